The highest BCUT2D eigenvalue weighted by Crippen LogP contribution is 2.44. The minimum absolute atomic E-state index is 0.0781. The van der Waals surface area contributed by atoms with E-state index in [0.29, 0.717) is 0 Å². The molecule has 0 aliphatic rings. The smallest absolute Gasteiger partial charge is 0.321 e. The van der Waals surface area contributed by atoms with Crippen molar-refractivity contribution in [1.29, 1.82) is 0 Å². The Morgan fingerprint density at radius 1 is 1.14 bits per heavy atom. The SMILES string of the molecule is CC(=O)Nc1cc(C(F)(F)F)cc(C(F)(F)F)c1[N+](=O)[O-]. The summed E-state index contributed by atoms with van der Waals surface area (Å²) in [4.78, 5) is 20.0. The Labute approximate surface area is 112 Å². The number of nitro groups is 1. The van der Waals surface area contributed by atoms with Crippen molar-refractivity contribution < 1.29 is 36.1 Å². The summed E-state index contributed by atoms with van der Waals surface area (Å²) >= 11 is 0. The van der Waals surface area contributed by atoms with Crippen LogP contribution in [0.3, 0.4) is 0 Å². The van der Waals surface area contributed by atoms with E-state index in [0.717, 1.165) is 6.92 Å². The van der Waals surface area contributed by atoms with Gasteiger partial charge in [0.1, 0.15) is 11.3 Å². The highest BCUT2D eigenvalue weighted by atomic mass is 19.4. The van der Waals surface area contributed by atoms with Gasteiger partial charge in [0.2, 0.25) is 5.91 Å². The van der Waals surface area contributed by atoms with Crippen molar-refractivity contribution in [2.75, 3.05) is 5.32 Å². The maximum absolute atomic E-state index is 12.7. The van der Waals surface area contributed by atoms with Crippen LogP contribution >= 0.6 is 0 Å². The van der Waals surface area contributed by atoms with E-state index in [1.165, 1.54) is 0 Å². The molecule has 0 radical (unpaired) electrons. The zero-order valence-corrected chi connectivity index (χ0v) is 10.1. The van der Waals surface area contributed by atoms with Gasteiger partial charge in [0.15, 0.2) is 0 Å². The molecule has 0 spiro atoms. The molecule has 0 atom stereocenters. The summed E-state index contributed by atoms with van der Waals surface area (Å²) in [5, 5.41) is 12.3. The number of amides is 1. The highest BCUT2D eigenvalue weighted by molar-refractivity contribution is 5.92. The maximum Gasteiger partial charge on any atom is 0.423 e. The standard InChI is InChI=1S/C10H6F6N2O3/c1-4(19)17-7-3-5(9(11,12)13)2-6(10(14,15)16)8(7)18(20)21/h2-3H,1H3,(H,17,19). The second kappa shape index (κ2) is 5.22. The summed E-state index contributed by atoms with van der Waals surface area (Å²) in [7, 11) is 0. The number of nitro benzene ring substituents is 1. The fourth-order valence-electron chi connectivity index (χ4n) is 1.50. The minimum Gasteiger partial charge on any atom is -0.321 e. The molecule has 0 aliphatic heterocycles. The van der Waals surface area contributed by atoms with Gasteiger partial charge < -0.3 is 5.32 Å². The third-order valence-corrected chi connectivity index (χ3v) is 2.24. The van der Waals surface area contributed by atoms with E-state index in [-0.39, 0.29) is 12.1 Å². The number of carbonyl (C=O) groups is 1. The summed E-state index contributed by atoms with van der Waals surface area (Å²) in [6.45, 7) is 0.789. The zero-order chi connectivity index (χ0) is 16.6. The minimum atomic E-state index is -5.39. The number of carbonyl (C=O) groups excluding carboxylic acids is 1. The van der Waals surface area contributed by atoms with Crippen LogP contribution < -0.4 is 5.32 Å². The van der Waals surface area contributed by atoms with E-state index in [1.807, 2.05) is 0 Å². The number of alkyl halides is 6. The van der Waals surface area contributed by atoms with E-state index < -0.39 is 45.7 Å². The first kappa shape index (κ1) is 16.7. The van der Waals surface area contributed by atoms with Gasteiger partial charge in [0.25, 0.3) is 0 Å². The Morgan fingerprint density at radius 3 is 2.00 bits per heavy atom. The van der Waals surface area contributed by atoms with Gasteiger partial charge in [0, 0.05) is 6.92 Å². The molecule has 21 heavy (non-hydrogen) atoms. The topological polar surface area (TPSA) is 72.2 Å². The second-order valence-corrected chi connectivity index (χ2v) is 3.85. The monoisotopic (exact) mass is 316 g/mol. The molecule has 0 heterocycles. The van der Waals surface area contributed by atoms with E-state index >= 15 is 0 Å². The summed E-state index contributed by atoms with van der Waals surface area (Å²) in [5.41, 5.74) is -6.67. The number of rotatable bonds is 2. The predicted octanol–water partition coefficient (Wildman–Crippen LogP) is 3.59. The zero-order valence-electron chi connectivity index (χ0n) is 10.1. The van der Waals surface area contributed by atoms with E-state index in [9.17, 15) is 41.3 Å². The maximum atomic E-state index is 12.7. The van der Waals surface area contributed by atoms with Crippen LogP contribution in [-0.4, -0.2) is 10.8 Å². The molecule has 0 aromatic heterocycles. The van der Waals surface area contributed by atoms with Gasteiger partial charge in [-0.2, -0.15) is 26.3 Å². The summed E-state index contributed by atoms with van der Waals surface area (Å²) in [6, 6.07) is -0.293. The fraction of sp³-hybridized carbons (Fsp3) is 0.300. The first-order valence-corrected chi connectivity index (χ1v) is 5.08. The van der Waals surface area contributed by atoms with Gasteiger partial charge in [-0.05, 0) is 12.1 Å². The van der Waals surface area contributed by atoms with Gasteiger partial charge in [-0.3, -0.25) is 14.9 Å². The molecule has 0 aliphatic carbocycles. The molecule has 5 nitrogen and oxygen atoms in total. The van der Waals surface area contributed by atoms with Crippen LogP contribution in [0.5, 0.6) is 0 Å². The number of nitrogens with one attached hydrogen (secondary N) is 1. The van der Waals surface area contributed by atoms with Gasteiger partial charge in [-0.1, -0.05) is 0 Å². The number of nitrogens with zero attached hydrogens (tertiary/aromatic N) is 1. The molecule has 1 rings (SSSR count). The van der Waals surface area contributed by atoms with Crippen molar-refractivity contribution in [1.82, 2.24) is 0 Å². The van der Waals surface area contributed by atoms with Crippen molar-refractivity contribution in [3.8, 4) is 0 Å². The first-order chi connectivity index (χ1) is 9.34. The molecular formula is C10H6F6N2O3. The van der Waals surface area contributed by atoms with Crippen LogP contribution in [0.1, 0.15) is 18.1 Å². The van der Waals surface area contributed by atoms with Crippen LogP contribution in [-0.2, 0) is 17.1 Å². The number of halogens is 6. The lowest BCUT2D eigenvalue weighted by molar-refractivity contribution is -0.387. The van der Waals surface area contributed by atoms with Crippen LogP contribution in [0.15, 0.2) is 12.1 Å². The molecule has 1 aromatic rings. The summed E-state index contributed by atoms with van der Waals surface area (Å²) in [6.07, 6.45) is -10.6. The van der Waals surface area contributed by atoms with E-state index in [4.69, 9.17) is 0 Å². The Kier molecular flexibility index (Phi) is 4.16. The van der Waals surface area contributed by atoms with Crippen LogP contribution in [0, 0.1) is 10.1 Å². The van der Waals surface area contributed by atoms with Gasteiger partial charge >= 0.3 is 18.0 Å². The number of hydrogen-bond acceptors (Lipinski definition) is 3. The lowest BCUT2D eigenvalue weighted by Gasteiger charge is -2.15. The van der Waals surface area contributed by atoms with Crippen molar-refractivity contribution >= 4 is 17.3 Å². The van der Waals surface area contributed by atoms with E-state index in [2.05, 4.69) is 0 Å². The van der Waals surface area contributed by atoms with Crippen molar-refractivity contribution in [3.05, 3.63) is 33.4 Å². The average molecular weight is 316 g/mol. The van der Waals surface area contributed by atoms with Crippen LogP contribution in [0.25, 0.3) is 0 Å². The Hall–Kier alpha value is -2.33. The largest absolute Gasteiger partial charge is 0.423 e. The molecule has 1 aromatic carbocycles. The van der Waals surface area contributed by atoms with Crippen molar-refractivity contribution in [3.63, 3.8) is 0 Å². The number of anilines is 1. The molecule has 0 saturated heterocycles. The third kappa shape index (κ3) is 3.83. The van der Waals surface area contributed by atoms with Crippen molar-refractivity contribution in [2.45, 2.75) is 19.3 Å². The normalized spacial score (nSPS) is 12.1. The second-order valence-electron chi connectivity index (χ2n) is 3.85. The van der Waals surface area contributed by atoms with Crippen molar-refractivity contribution in [2.24, 2.45) is 0 Å². The molecule has 1 amide bonds. The molecule has 11 heteroatoms. The summed E-state index contributed by atoms with van der Waals surface area (Å²) in [5.74, 6) is -1.05. The van der Waals surface area contributed by atoms with Gasteiger partial charge in [-0.25, -0.2) is 0 Å². The van der Waals surface area contributed by atoms with Crippen LogP contribution in [0.2, 0.25) is 0 Å². The van der Waals surface area contributed by atoms with Crippen LogP contribution in [0.4, 0.5) is 37.7 Å². The lowest BCUT2D eigenvalue weighted by Crippen LogP contribution is -2.17. The first-order valence-electron chi connectivity index (χ1n) is 5.08. The molecule has 0 saturated carbocycles. The quantitative estimate of drug-likeness (QED) is 0.515. The molecular weight excluding hydrogens is 310 g/mol. The highest BCUT2D eigenvalue weighted by Gasteiger charge is 2.44. The van der Waals surface area contributed by atoms with Gasteiger partial charge in [-0.15, -0.1) is 0 Å². The number of hydrogen-bond donors (Lipinski definition) is 1. The van der Waals surface area contributed by atoms with Gasteiger partial charge in [0.05, 0.1) is 10.5 Å². The average Bonchev–Trinajstić information content (AvgIpc) is 2.23. The predicted molar refractivity (Wildman–Crippen MR) is 57.4 cm³/mol. The third-order valence-electron chi connectivity index (χ3n) is 2.24. The molecule has 0 fully saturated rings. The number of benzene rings is 1. The molecule has 0 unspecified atom stereocenters. The molecule has 1 N–H and O–H groups in total. The molecule has 116 valence electrons. The van der Waals surface area contributed by atoms with E-state index in [1.54, 1.807) is 5.32 Å². The summed E-state index contributed by atoms with van der Waals surface area (Å²) < 4.78 is 75.8. The lowest BCUT2D eigenvalue weighted by atomic mass is 10.1. The Bertz CT molecular complexity index is 594. The Morgan fingerprint density at radius 2 is 1.67 bits per heavy atom. The fourth-order valence-corrected chi connectivity index (χ4v) is 1.50. The molecule has 0 bridgehead atoms. The Balaban J connectivity index is 3.74.